The molecule has 16 heavy (non-hydrogen) atoms. The van der Waals surface area contributed by atoms with Crippen LogP contribution in [0.3, 0.4) is 0 Å². The maximum Gasteiger partial charge on any atom is 0.209 e. The molecule has 0 aliphatic heterocycles. The Bertz CT molecular complexity index is 360. The van der Waals surface area contributed by atoms with Crippen LogP contribution in [0.5, 0.6) is 0 Å². The summed E-state index contributed by atoms with van der Waals surface area (Å²) in [5.74, 6) is -0.700. The Morgan fingerprint density at radius 3 is 2.25 bits per heavy atom. The zero-order valence-corrected chi connectivity index (χ0v) is 9.99. The Morgan fingerprint density at radius 1 is 1.25 bits per heavy atom. The van der Waals surface area contributed by atoms with Crippen molar-refractivity contribution in [1.82, 2.24) is 0 Å². The molecule has 1 aromatic carbocycles. The third-order valence-corrected chi connectivity index (χ3v) is 2.48. The highest BCUT2D eigenvalue weighted by Gasteiger charge is 2.29. The largest absolute Gasteiger partial charge is 0.298 e. The molecule has 1 aromatic rings. The number of rotatable bonds is 4. The summed E-state index contributed by atoms with van der Waals surface area (Å²) in [6.07, 6.45) is 2.30. The van der Waals surface area contributed by atoms with E-state index in [9.17, 15) is 9.59 Å². The smallest absolute Gasteiger partial charge is 0.209 e. The summed E-state index contributed by atoms with van der Waals surface area (Å²) in [7, 11) is 0. The molecule has 0 bridgehead atoms. The van der Waals surface area contributed by atoms with Gasteiger partial charge in [0.05, 0.1) is 5.92 Å². The van der Waals surface area contributed by atoms with E-state index in [1.807, 2.05) is 57.4 Å². The molecule has 2 nitrogen and oxygen atoms in total. The minimum absolute atomic E-state index is 0.0497. The van der Waals surface area contributed by atoms with Crippen molar-refractivity contribution in [2.24, 2.45) is 11.3 Å². The first-order chi connectivity index (χ1) is 7.45. The highest BCUT2D eigenvalue weighted by Crippen LogP contribution is 2.21. The van der Waals surface area contributed by atoms with E-state index in [1.165, 1.54) is 0 Å². The van der Waals surface area contributed by atoms with Gasteiger partial charge in [-0.05, 0) is 12.0 Å². The molecule has 0 aromatic heterocycles. The lowest BCUT2D eigenvalue weighted by atomic mass is 9.81. The number of ketones is 1. The van der Waals surface area contributed by atoms with E-state index in [1.54, 1.807) is 0 Å². The highest BCUT2D eigenvalue weighted by molar-refractivity contribution is 5.96. The fourth-order valence-electron chi connectivity index (χ4n) is 1.56. The van der Waals surface area contributed by atoms with Crippen molar-refractivity contribution in [2.75, 3.05) is 0 Å². The maximum absolute atomic E-state index is 11.9. The SMILES string of the molecule is CC(C)(C)C(=O)[C@H]([C]=O)Cc1ccccc1. The van der Waals surface area contributed by atoms with Crippen LogP contribution in [-0.4, -0.2) is 12.1 Å². The molecule has 0 saturated carbocycles. The highest BCUT2D eigenvalue weighted by atomic mass is 16.1. The second kappa shape index (κ2) is 5.06. The van der Waals surface area contributed by atoms with E-state index < -0.39 is 11.3 Å². The third kappa shape index (κ3) is 3.30. The Morgan fingerprint density at radius 2 is 1.81 bits per heavy atom. The van der Waals surface area contributed by atoms with Crippen molar-refractivity contribution in [3.8, 4) is 0 Å². The Labute approximate surface area is 96.7 Å². The number of hydrogen-bond donors (Lipinski definition) is 0. The fourth-order valence-corrected chi connectivity index (χ4v) is 1.56. The molecule has 0 unspecified atom stereocenters. The zero-order valence-electron chi connectivity index (χ0n) is 9.99. The van der Waals surface area contributed by atoms with Gasteiger partial charge in [-0.15, -0.1) is 0 Å². The molecular weight excluding hydrogens is 200 g/mol. The standard InChI is InChI=1S/C14H17O2/c1-14(2,3)13(16)12(10-15)9-11-7-5-4-6-8-11/h4-8,12H,9H2,1-3H3/t12-/m0/s1. The molecule has 1 rings (SSSR count). The lowest BCUT2D eigenvalue weighted by molar-refractivity contribution is -0.128. The van der Waals surface area contributed by atoms with Gasteiger partial charge in [-0.2, -0.15) is 0 Å². The van der Waals surface area contributed by atoms with Gasteiger partial charge in [0.1, 0.15) is 5.78 Å². The van der Waals surface area contributed by atoms with Gasteiger partial charge in [0, 0.05) is 5.41 Å². The van der Waals surface area contributed by atoms with Crippen LogP contribution in [-0.2, 0) is 16.0 Å². The van der Waals surface area contributed by atoms with E-state index in [0.29, 0.717) is 6.42 Å². The van der Waals surface area contributed by atoms with E-state index in [0.717, 1.165) is 5.56 Å². The lowest BCUT2D eigenvalue weighted by Crippen LogP contribution is -2.30. The first-order valence-corrected chi connectivity index (χ1v) is 5.41. The summed E-state index contributed by atoms with van der Waals surface area (Å²) < 4.78 is 0. The van der Waals surface area contributed by atoms with Crippen LogP contribution in [0.2, 0.25) is 0 Å². The van der Waals surface area contributed by atoms with Crippen LogP contribution >= 0.6 is 0 Å². The van der Waals surface area contributed by atoms with Crippen LogP contribution in [0.1, 0.15) is 26.3 Å². The van der Waals surface area contributed by atoms with Crippen molar-refractivity contribution in [2.45, 2.75) is 27.2 Å². The molecule has 0 amide bonds. The summed E-state index contributed by atoms with van der Waals surface area (Å²) >= 11 is 0. The molecule has 0 aliphatic rings. The van der Waals surface area contributed by atoms with Crippen molar-refractivity contribution in [3.05, 3.63) is 35.9 Å². The minimum atomic E-state index is -0.651. The molecule has 0 spiro atoms. The average Bonchev–Trinajstić information content (AvgIpc) is 2.25. The fraction of sp³-hybridized carbons (Fsp3) is 0.429. The predicted molar refractivity (Wildman–Crippen MR) is 63.8 cm³/mol. The second-order valence-corrected chi connectivity index (χ2v) is 4.97. The number of benzene rings is 1. The van der Waals surface area contributed by atoms with Crippen LogP contribution in [0.25, 0.3) is 0 Å². The lowest BCUT2D eigenvalue weighted by Gasteiger charge is -2.20. The van der Waals surface area contributed by atoms with Gasteiger partial charge in [-0.3, -0.25) is 9.59 Å². The van der Waals surface area contributed by atoms with Crippen molar-refractivity contribution >= 4 is 12.1 Å². The van der Waals surface area contributed by atoms with Crippen LogP contribution in [0.15, 0.2) is 30.3 Å². The maximum atomic E-state index is 11.9. The third-order valence-electron chi connectivity index (χ3n) is 2.48. The van der Waals surface area contributed by atoms with Crippen LogP contribution < -0.4 is 0 Å². The van der Waals surface area contributed by atoms with Crippen molar-refractivity contribution in [1.29, 1.82) is 0 Å². The molecule has 2 heteroatoms. The summed E-state index contributed by atoms with van der Waals surface area (Å²) in [6.45, 7) is 5.47. The first-order valence-electron chi connectivity index (χ1n) is 5.41. The molecule has 85 valence electrons. The minimum Gasteiger partial charge on any atom is -0.298 e. The van der Waals surface area contributed by atoms with Crippen LogP contribution in [0.4, 0.5) is 0 Å². The second-order valence-electron chi connectivity index (χ2n) is 4.97. The summed E-state index contributed by atoms with van der Waals surface area (Å²) in [5, 5.41) is 0. The molecule has 0 fully saturated rings. The zero-order chi connectivity index (χ0) is 12.2. The summed E-state index contributed by atoms with van der Waals surface area (Å²) in [5.41, 5.74) is 0.505. The van der Waals surface area contributed by atoms with Crippen molar-refractivity contribution < 1.29 is 9.59 Å². The summed E-state index contributed by atoms with van der Waals surface area (Å²) in [6, 6.07) is 9.55. The van der Waals surface area contributed by atoms with Gasteiger partial charge in [0.15, 0.2) is 0 Å². The molecular formula is C14H17O2. The van der Waals surface area contributed by atoms with Gasteiger partial charge >= 0.3 is 0 Å². The van der Waals surface area contributed by atoms with Gasteiger partial charge in [0.2, 0.25) is 6.29 Å². The van der Waals surface area contributed by atoms with E-state index in [2.05, 4.69) is 0 Å². The number of carbonyl (C=O) groups excluding carboxylic acids is 2. The average molecular weight is 217 g/mol. The Balaban J connectivity index is 2.78. The molecule has 0 aliphatic carbocycles. The van der Waals surface area contributed by atoms with Gasteiger partial charge in [-0.25, -0.2) is 0 Å². The number of carbonyl (C=O) groups is 1. The molecule has 0 saturated heterocycles. The van der Waals surface area contributed by atoms with Gasteiger partial charge in [0.25, 0.3) is 0 Å². The summed E-state index contributed by atoms with van der Waals surface area (Å²) in [4.78, 5) is 22.8. The van der Waals surface area contributed by atoms with Gasteiger partial charge < -0.3 is 0 Å². The van der Waals surface area contributed by atoms with E-state index >= 15 is 0 Å². The first kappa shape index (κ1) is 12.6. The number of hydrogen-bond acceptors (Lipinski definition) is 2. The van der Waals surface area contributed by atoms with Gasteiger partial charge in [-0.1, -0.05) is 51.1 Å². The van der Waals surface area contributed by atoms with E-state index in [4.69, 9.17) is 0 Å². The van der Waals surface area contributed by atoms with Crippen LogP contribution in [0, 0.1) is 11.3 Å². The van der Waals surface area contributed by atoms with E-state index in [-0.39, 0.29) is 5.78 Å². The topological polar surface area (TPSA) is 34.1 Å². The number of Topliss-reactive ketones (excluding diaryl/α,β-unsaturated/α-hetero) is 1. The molecule has 0 N–H and O–H groups in total. The quantitative estimate of drug-likeness (QED) is 0.726. The molecule has 0 heterocycles. The molecule has 1 radical (unpaired) electrons. The monoisotopic (exact) mass is 217 g/mol. The predicted octanol–water partition coefficient (Wildman–Crippen LogP) is 2.57. The Kier molecular flexibility index (Phi) is 3.99. The Hall–Kier alpha value is -1.44. The van der Waals surface area contributed by atoms with Crippen molar-refractivity contribution in [3.63, 3.8) is 0 Å². The molecule has 1 atom stereocenters. The normalized spacial score (nSPS) is 13.2.